The average molecular weight is 552 g/mol. The van der Waals surface area contributed by atoms with Crippen LogP contribution >= 0.6 is 22.6 Å². The van der Waals surface area contributed by atoms with E-state index in [1.54, 1.807) is 20.8 Å². The maximum atomic E-state index is 12.9. The van der Waals surface area contributed by atoms with Crippen molar-refractivity contribution in [1.29, 1.82) is 0 Å². The number of carbonyl (C=O) groups excluding carboxylic acids is 2. The van der Waals surface area contributed by atoms with Gasteiger partial charge in [0, 0.05) is 0 Å². The van der Waals surface area contributed by atoms with Crippen molar-refractivity contribution in [3.63, 3.8) is 0 Å². The van der Waals surface area contributed by atoms with Crippen LogP contribution in [0.25, 0.3) is 0 Å². The normalized spacial score (nSPS) is 13.7. The summed E-state index contributed by atoms with van der Waals surface area (Å²) in [6, 6.07) is 3.51. The second-order valence-corrected chi connectivity index (χ2v) is 9.15. The van der Waals surface area contributed by atoms with Crippen LogP contribution in [-0.4, -0.2) is 42.9 Å². The number of alkyl halides is 3. The Hall–Kier alpha value is -1.41. The quantitative estimate of drug-likeness (QED) is 0.225. The molecule has 12 heteroatoms. The van der Waals surface area contributed by atoms with Crippen LogP contribution in [0.15, 0.2) is 18.2 Å². The van der Waals surface area contributed by atoms with Gasteiger partial charge in [-0.1, -0.05) is 13.8 Å². The highest BCUT2D eigenvalue weighted by atomic mass is 127. The van der Waals surface area contributed by atoms with Gasteiger partial charge in [0.2, 0.25) is 6.10 Å². The lowest BCUT2D eigenvalue weighted by molar-refractivity contribution is -0.197. The third kappa shape index (κ3) is 7.41. The van der Waals surface area contributed by atoms with E-state index >= 15 is 0 Å². The fourth-order valence-corrected chi connectivity index (χ4v) is 3.14. The summed E-state index contributed by atoms with van der Waals surface area (Å²) in [6.45, 7) is 5.30. The molecule has 29 heavy (non-hydrogen) atoms. The zero-order valence-corrected chi connectivity index (χ0v) is 18.7. The third-order valence-corrected chi connectivity index (χ3v) is 6.01. The smallest absolute Gasteiger partial charge is 0.426 e. The summed E-state index contributed by atoms with van der Waals surface area (Å²) in [7, 11) is -5.06. The van der Waals surface area contributed by atoms with Gasteiger partial charge in [-0.25, -0.2) is 4.79 Å². The van der Waals surface area contributed by atoms with Crippen LogP contribution < -0.4 is 4.74 Å². The molecule has 0 saturated carbocycles. The minimum Gasteiger partial charge on any atom is -0.448 e. The van der Waals surface area contributed by atoms with Gasteiger partial charge in [0.25, 0.3) is 10.1 Å². The minimum atomic E-state index is -5.21. The highest BCUT2D eigenvalue weighted by molar-refractivity contribution is 14.1. The van der Waals surface area contributed by atoms with Crippen LogP contribution in [0.2, 0.25) is 0 Å². The van der Waals surface area contributed by atoms with Gasteiger partial charge in [-0.05, 0) is 60.6 Å². The Labute approximate surface area is 179 Å². The fourth-order valence-electron chi connectivity index (χ4n) is 2.05. The van der Waals surface area contributed by atoms with Crippen molar-refractivity contribution in [3.8, 4) is 5.75 Å². The van der Waals surface area contributed by atoms with Gasteiger partial charge in [0.05, 0.1) is 14.5 Å². The van der Waals surface area contributed by atoms with Gasteiger partial charge in [0.15, 0.2) is 0 Å². The molecule has 1 atom stereocenters. The van der Waals surface area contributed by atoms with Crippen molar-refractivity contribution in [2.45, 2.75) is 45.9 Å². The number of rotatable bonds is 8. The van der Waals surface area contributed by atoms with Crippen LogP contribution in [0.5, 0.6) is 5.75 Å². The first kappa shape index (κ1) is 25.6. The zero-order valence-electron chi connectivity index (χ0n) is 15.7. The van der Waals surface area contributed by atoms with Crippen molar-refractivity contribution in [1.82, 2.24) is 0 Å². The Balaban J connectivity index is 3.12. The molecule has 1 N–H and O–H groups in total. The molecule has 1 aromatic rings. The van der Waals surface area contributed by atoms with E-state index in [0.29, 0.717) is 16.4 Å². The Bertz CT molecular complexity index is 864. The van der Waals surface area contributed by atoms with Crippen LogP contribution in [0.1, 0.15) is 44.0 Å². The lowest BCUT2D eigenvalue weighted by Gasteiger charge is -2.24. The first-order chi connectivity index (χ1) is 13.1. The van der Waals surface area contributed by atoms with Crippen molar-refractivity contribution in [3.05, 3.63) is 27.3 Å². The number of carbonyl (C=O) groups is 2. The molecule has 0 saturated heterocycles. The zero-order chi connectivity index (χ0) is 22.6. The number of halogens is 4. The predicted octanol–water partition coefficient (Wildman–Crippen LogP) is 4.00. The molecular weight excluding hydrogens is 532 g/mol. The molecule has 0 aliphatic rings. The van der Waals surface area contributed by atoms with Crippen molar-refractivity contribution in [2.24, 2.45) is 5.41 Å². The molecule has 0 amide bonds. The van der Waals surface area contributed by atoms with Crippen molar-refractivity contribution in [2.75, 3.05) is 5.75 Å². The van der Waals surface area contributed by atoms with E-state index in [9.17, 15) is 31.2 Å². The second kappa shape index (κ2) is 9.60. The summed E-state index contributed by atoms with van der Waals surface area (Å²) in [5.41, 5.74) is -1.16. The molecule has 7 nitrogen and oxygen atoms in total. The Morgan fingerprint density at radius 1 is 1.21 bits per heavy atom. The minimum absolute atomic E-state index is 0.0449. The van der Waals surface area contributed by atoms with Gasteiger partial charge in [-0.15, -0.1) is 0 Å². The number of benzene rings is 1. The molecule has 1 rings (SSSR count). The molecular formula is C17H20F3IO7S. The number of ether oxygens (including phenoxy) is 2. The van der Waals surface area contributed by atoms with Gasteiger partial charge < -0.3 is 9.47 Å². The molecule has 0 fully saturated rings. The number of hydrogen-bond donors (Lipinski definition) is 1. The summed E-state index contributed by atoms with van der Waals surface area (Å²) < 4.78 is 79.0. The van der Waals surface area contributed by atoms with E-state index in [0.717, 1.165) is 12.1 Å². The second-order valence-electron chi connectivity index (χ2n) is 6.49. The summed E-state index contributed by atoms with van der Waals surface area (Å²) in [6.07, 6.45) is -7.29. The first-order valence-corrected chi connectivity index (χ1v) is 11.1. The molecule has 0 spiro atoms. The lowest BCUT2D eigenvalue weighted by atomic mass is 9.85. The topological polar surface area (TPSA) is 107 Å². The molecule has 164 valence electrons. The largest absolute Gasteiger partial charge is 0.448 e. The van der Waals surface area contributed by atoms with Crippen LogP contribution in [-0.2, 0) is 19.6 Å². The monoisotopic (exact) mass is 552 g/mol. The number of esters is 2. The first-order valence-electron chi connectivity index (χ1n) is 8.37. The van der Waals surface area contributed by atoms with Crippen LogP contribution in [0.3, 0.4) is 0 Å². The van der Waals surface area contributed by atoms with E-state index in [1.165, 1.54) is 6.07 Å². The van der Waals surface area contributed by atoms with Gasteiger partial charge in [0.1, 0.15) is 11.5 Å². The van der Waals surface area contributed by atoms with E-state index in [4.69, 9.17) is 9.29 Å². The molecule has 0 radical (unpaired) electrons. The number of hydrogen-bond acceptors (Lipinski definition) is 6. The molecule has 1 unspecified atom stereocenters. The van der Waals surface area contributed by atoms with E-state index in [2.05, 4.69) is 4.74 Å². The van der Waals surface area contributed by atoms with E-state index < -0.39 is 45.5 Å². The molecule has 1 aromatic carbocycles. The van der Waals surface area contributed by atoms with Gasteiger partial charge >= 0.3 is 18.1 Å². The molecule has 0 heterocycles. The Morgan fingerprint density at radius 3 is 2.21 bits per heavy atom. The Kier molecular flexibility index (Phi) is 8.48. The maximum Gasteiger partial charge on any atom is 0.426 e. The fraction of sp³-hybridized carbons (Fsp3) is 0.529. The summed E-state index contributed by atoms with van der Waals surface area (Å²) >= 11 is 1.82. The maximum absolute atomic E-state index is 12.9. The van der Waals surface area contributed by atoms with Gasteiger partial charge in [-0.2, -0.15) is 21.6 Å². The van der Waals surface area contributed by atoms with Crippen molar-refractivity contribution >= 4 is 44.6 Å². The van der Waals surface area contributed by atoms with Crippen molar-refractivity contribution < 1.29 is 45.2 Å². The highest BCUT2D eigenvalue weighted by Gasteiger charge is 2.45. The summed E-state index contributed by atoms with van der Waals surface area (Å²) in [5, 5.41) is 0. The summed E-state index contributed by atoms with van der Waals surface area (Å²) in [5.74, 6) is -3.93. The average Bonchev–Trinajstić information content (AvgIpc) is 2.60. The molecule has 0 aliphatic carbocycles. The van der Waals surface area contributed by atoms with Crippen LogP contribution in [0, 0.1) is 8.99 Å². The summed E-state index contributed by atoms with van der Waals surface area (Å²) in [4.78, 5) is 24.5. The SMILES string of the molecule is CCC(C)(CC)C(=O)Oc1cc(C(=O)OC(CS(=O)(=O)O)C(F)(F)F)ccc1I. The lowest BCUT2D eigenvalue weighted by Crippen LogP contribution is -2.39. The standard InChI is InChI=1S/C17H20F3IO7S/c1-4-16(3,5-2)15(23)27-12-8-10(6-7-11(12)21)14(22)28-13(17(18,19)20)9-29(24,25)26/h6-8,13H,4-5,9H2,1-3H3,(H,24,25,26). The molecule has 0 aliphatic heterocycles. The molecule has 0 aromatic heterocycles. The van der Waals surface area contributed by atoms with Gasteiger partial charge in [-0.3, -0.25) is 9.35 Å². The van der Waals surface area contributed by atoms with E-state index in [1.807, 2.05) is 22.6 Å². The van der Waals surface area contributed by atoms with E-state index in [-0.39, 0.29) is 11.3 Å². The predicted molar refractivity (Wildman–Crippen MR) is 105 cm³/mol. The highest BCUT2D eigenvalue weighted by Crippen LogP contribution is 2.31. The molecule has 0 bridgehead atoms. The van der Waals surface area contributed by atoms with Crippen LogP contribution in [0.4, 0.5) is 13.2 Å². The third-order valence-electron chi connectivity index (χ3n) is 4.40. The Morgan fingerprint density at radius 2 is 1.76 bits per heavy atom.